The van der Waals surface area contributed by atoms with E-state index in [0.717, 1.165) is 33.5 Å². The van der Waals surface area contributed by atoms with Crippen LogP contribution in [-0.2, 0) is 5.41 Å². The lowest BCUT2D eigenvalue weighted by atomic mass is 9.78. The Morgan fingerprint density at radius 2 is 1.75 bits per heavy atom. The third-order valence-electron chi connectivity index (χ3n) is 5.89. The SMILES string of the molecule is CC.CC1=C(CO)N(CC(O)COc2ccc(C(C)(C)c3ccc(OCCCCl)c(Br)c3)cc2)NN1. The zero-order chi connectivity index (χ0) is 26.7. The molecular weight excluding hydrogens is 546 g/mol. The van der Waals surface area contributed by atoms with E-state index in [-0.39, 0.29) is 25.2 Å². The molecule has 2 aromatic carbocycles. The van der Waals surface area contributed by atoms with Gasteiger partial charge in [0, 0.05) is 17.0 Å². The predicted molar refractivity (Wildman–Crippen MR) is 149 cm³/mol. The maximum Gasteiger partial charge on any atom is 0.133 e. The molecular formula is C27H39BrClN3O4. The molecule has 7 nitrogen and oxygen atoms in total. The highest BCUT2D eigenvalue weighted by molar-refractivity contribution is 9.10. The minimum Gasteiger partial charge on any atom is -0.492 e. The number of allylic oxidation sites excluding steroid dienone is 1. The van der Waals surface area contributed by atoms with Crippen LogP contribution in [0.1, 0.15) is 52.2 Å². The van der Waals surface area contributed by atoms with E-state index in [1.165, 1.54) is 0 Å². The summed E-state index contributed by atoms with van der Waals surface area (Å²) < 4.78 is 12.5. The second-order valence-corrected chi connectivity index (χ2v) is 9.96. The summed E-state index contributed by atoms with van der Waals surface area (Å²) in [6, 6.07) is 14.1. The Hall–Kier alpha value is -1.97. The fourth-order valence-electron chi connectivity index (χ4n) is 3.69. The summed E-state index contributed by atoms with van der Waals surface area (Å²) in [6.45, 7) is 11.1. The maximum atomic E-state index is 10.4. The van der Waals surface area contributed by atoms with Crippen molar-refractivity contribution >= 4 is 27.5 Å². The van der Waals surface area contributed by atoms with Gasteiger partial charge < -0.3 is 25.1 Å². The smallest absolute Gasteiger partial charge is 0.133 e. The Bertz CT molecular complexity index is 985. The van der Waals surface area contributed by atoms with Crippen LogP contribution in [0.5, 0.6) is 11.5 Å². The average Bonchev–Trinajstić information content (AvgIpc) is 3.23. The van der Waals surface area contributed by atoms with Gasteiger partial charge in [-0.25, -0.2) is 0 Å². The van der Waals surface area contributed by atoms with Crippen molar-refractivity contribution in [3.05, 3.63) is 69.5 Å². The fourth-order valence-corrected chi connectivity index (χ4v) is 4.29. The first-order valence-electron chi connectivity index (χ1n) is 12.3. The number of benzene rings is 2. The molecule has 1 heterocycles. The fraction of sp³-hybridized carbons (Fsp3) is 0.481. The molecule has 0 aliphatic carbocycles. The van der Waals surface area contributed by atoms with Crippen LogP contribution >= 0.6 is 27.5 Å². The zero-order valence-corrected chi connectivity index (χ0v) is 24.1. The highest BCUT2D eigenvalue weighted by atomic mass is 79.9. The van der Waals surface area contributed by atoms with Crippen LogP contribution in [0.25, 0.3) is 0 Å². The molecule has 2 aromatic rings. The lowest BCUT2D eigenvalue weighted by Crippen LogP contribution is -2.44. The second kappa shape index (κ2) is 14.7. The van der Waals surface area contributed by atoms with Gasteiger partial charge in [-0.05, 0) is 64.7 Å². The van der Waals surface area contributed by atoms with Gasteiger partial charge in [0.2, 0.25) is 0 Å². The molecule has 1 aliphatic rings. The topological polar surface area (TPSA) is 86.2 Å². The van der Waals surface area contributed by atoms with E-state index >= 15 is 0 Å². The number of hydrogen-bond donors (Lipinski definition) is 4. The summed E-state index contributed by atoms with van der Waals surface area (Å²) in [5, 5.41) is 21.5. The molecule has 1 aliphatic heterocycles. The lowest BCUT2D eigenvalue weighted by molar-refractivity contribution is 0.0600. The minimum absolute atomic E-state index is 0.114. The molecule has 0 bridgehead atoms. The van der Waals surface area contributed by atoms with Crippen LogP contribution in [0, 0.1) is 0 Å². The van der Waals surface area contributed by atoms with Crippen molar-refractivity contribution in [3.63, 3.8) is 0 Å². The number of hydrazine groups is 2. The summed E-state index contributed by atoms with van der Waals surface area (Å²) in [5.74, 6) is 2.07. The molecule has 9 heteroatoms. The zero-order valence-electron chi connectivity index (χ0n) is 21.8. The van der Waals surface area contributed by atoms with Crippen molar-refractivity contribution in [1.82, 2.24) is 16.0 Å². The van der Waals surface area contributed by atoms with Crippen molar-refractivity contribution in [2.24, 2.45) is 0 Å². The van der Waals surface area contributed by atoms with Gasteiger partial charge in [-0.2, -0.15) is 0 Å². The number of nitrogens with one attached hydrogen (secondary N) is 2. The predicted octanol–water partition coefficient (Wildman–Crippen LogP) is 5.10. The normalized spacial score (nSPS) is 14.2. The van der Waals surface area contributed by atoms with Crippen molar-refractivity contribution in [2.45, 2.75) is 52.6 Å². The van der Waals surface area contributed by atoms with E-state index in [2.05, 4.69) is 52.9 Å². The van der Waals surface area contributed by atoms with Gasteiger partial charge in [-0.1, -0.05) is 45.9 Å². The Morgan fingerprint density at radius 1 is 1.08 bits per heavy atom. The Kier molecular flexibility index (Phi) is 12.3. The number of halogens is 2. The molecule has 1 unspecified atom stereocenters. The van der Waals surface area contributed by atoms with E-state index < -0.39 is 6.10 Å². The number of aliphatic hydroxyl groups is 2. The molecule has 0 amide bonds. The molecule has 3 rings (SSSR count). The van der Waals surface area contributed by atoms with E-state index in [0.29, 0.717) is 23.9 Å². The molecule has 200 valence electrons. The van der Waals surface area contributed by atoms with Crippen molar-refractivity contribution in [2.75, 3.05) is 32.2 Å². The standard InChI is InChI=1S/C25H33BrClN3O4.C2H6/c1-17-23(15-31)30(29-28-17)14-20(32)16-34-21-8-5-18(6-9-21)25(2,3)19-7-10-24(22(26)13-19)33-12-4-11-27;1-2/h5-10,13,20,28-29,31-32H,4,11-12,14-16H2,1-3H3;1-2H3. The molecule has 4 N–H and O–H groups in total. The van der Waals surface area contributed by atoms with Crippen LogP contribution in [0.4, 0.5) is 0 Å². The molecule has 0 radical (unpaired) electrons. The molecule has 0 saturated carbocycles. The average molecular weight is 585 g/mol. The molecule has 1 atom stereocenters. The number of β-amino-alcohol motifs (C(OH)–C–C–N with tert-alkyl or cyclic N) is 1. The van der Waals surface area contributed by atoms with Gasteiger partial charge in [-0.15, -0.1) is 17.1 Å². The summed E-state index contributed by atoms with van der Waals surface area (Å²) in [5.41, 5.74) is 9.44. The van der Waals surface area contributed by atoms with Crippen molar-refractivity contribution in [3.8, 4) is 11.5 Å². The van der Waals surface area contributed by atoms with Gasteiger partial charge in [0.05, 0.1) is 29.9 Å². The number of hydrogen-bond acceptors (Lipinski definition) is 7. The third kappa shape index (κ3) is 8.02. The Labute approximate surface area is 228 Å². The monoisotopic (exact) mass is 583 g/mol. The second-order valence-electron chi connectivity index (χ2n) is 8.73. The molecule has 0 spiro atoms. The number of aliphatic hydroxyl groups excluding tert-OH is 2. The summed E-state index contributed by atoms with van der Waals surface area (Å²) >= 11 is 9.35. The van der Waals surface area contributed by atoms with E-state index in [1.807, 2.05) is 51.1 Å². The van der Waals surface area contributed by atoms with E-state index in [1.54, 1.807) is 5.01 Å². The summed E-state index contributed by atoms with van der Waals surface area (Å²) in [4.78, 5) is 0. The Balaban J connectivity index is 0.00000222. The molecule has 0 fully saturated rings. The number of alkyl halides is 1. The quantitative estimate of drug-likeness (QED) is 0.204. The largest absolute Gasteiger partial charge is 0.492 e. The first-order valence-corrected chi connectivity index (χ1v) is 13.6. The lowest BCUT2D eigenvalue weighted by Gasteiger charge is -2.27. The summed E-state index contributed by atoms with van der Waals surface area (Å²) in [7, 11) is 0. The maximum absolute atomic E-state index is 10.4. The van der Waals surface area contributed by atoms with Gasteiger partial charge in [-0.3, -0.25) is 5.01 Å². The van der Waals surface area contributed by atoms with Crippen LogP contribution in [-0.4, -0.2) is 53.6 Å². The Morgan fingerprint density at radius 3 is 2.36 bits per heavy atom. The van der Waals surface area contributed by atoms with Crippen molar-refractivity contribution in [1.29, 1.82) is 0 Å². The highest BCUT2D eigenvalue weighted by Crippen LogP contribution is 2.36. The van der Waals surface area contributed by atoms with E-state index in [4.69, 9.17) is 21.1 Å². The van der Waals surface area contributed by atoms with Gasteiger partial charge in [0.25, 0.3) is 0 Å². The number of nitrogens with zero attached hydrogens (tertiary/aromatic N) is 1. The number of rotatable bonds is 12. The van der Waals surface area contributed by atoms with Crippen molar-refractivity contribution < 1.29 is 19.7 Å². The first kappa shape index (κ1) is 30.3. The molecule has 36 heavy (non-hydrogen) atoms. The minimum atomic E-state index is -0.736. The summed E-state index contributed by atoms with van der Waals surface area (Å²) in [6.07, 6.45) is 0.0693. The van der Waals surface area contributed by atoms with Crippen LogP contribution in [0.3, 0.4) is 0 Å². The van der Waals surface area contributed by atoms with E-state index in [9.17, 15) is 10.2 Å². The number of ether oxygens (including phenoxy) is 2. The first-order chi connectivity index (χ1) is 17.3. The highest BCUT2D eigenvalue weighted by Gasteiger charge is 2.25. The van der Waals surface area contributed by atoms with Gasteiger partial charge >= 0.3 is 0 Å². The van der Waals surface area contributed by atoms with Crippen LogP contribution in [0.2, 0.25) is 0 Å². The molecule has 0 aromatic heterocycles. The van der Waals surface area contributed by atoms with Gasteiger partial charge in [0.1, 0.15) is 24.2 Å². The van der Waals surface area contributed by atoms with Crippen LogP contribution in [0.15, 0.2) is 58.3 Å². The van der Waals surface area contributed by atoms with Gasteiger partial charge in [0.15, 0.2) is 0 Å². The molecule has 0 saturated heterocycles. The van der Waals surface area contributed by atoms with Crippen LogP contribution < -0.4 is 20.4 Å². The third-order valence-corrected chi connectivity index (χ3v) is 6.77.